The van der Waals surface area contributed by atoms with Crippen LogP contribution in [0.4, 0.5) is 0 Å². The number of hydrogen-bond donors (Lipinski definition) is 3. The van der Waals surface area contributed by atoms with Crippen molar-refractivity contribution in [3.63, 3.8) is 0 Å². The normalized spacial score (nSPS) is 11.9. The van der Waals surface area contributed by atoms with Crippen molar-refractivity contribution in [2.24, 2.45) is 0 Å². The van der Waals surface area contributed by atoms with E-state index in [9.17, 15) is 18.3 Å². The van der Waals surface area contributed by atoms with Crippen LogP contribution in [0.5, 0.6) is 0 Å². The van der Waals surface area contributed by atoms with Gasteiger partial charge in [0.05, 0.1) is 17.7 Å². The second kappa shape index (κ2) is 14.9. The third kappa shape index (κ3) is 9.46. The van der Waals surface area contributed by atoms with E-state index in [1.165, 1.54) is 11.8 Å². The molecule has 202 valence electrons. The number of nitriles is 1. The van der Waals surface area contributed by atoms with Gasteiger partial charge < -0.3 is 10.4 Å². The number of amides is 1. The molecule has 1 amide bonds. The van der Waals surface area contributed by atoms with E-state index in [1.54, 1.807) is 18.2 Å². The highest BCUT2D eigenvalue weighted by Crippen LogP contribution is 2.32. The topological polar surface area (TPSA) is 119 Å². The zero-order valence-electron chi connectivity index (χ0n) is 21.3. The van der Waals surface area contributed by atoms with Gasteiger partial charge in [-0.05, 0) is 47.4 Å². The summed E-state index contributed by atoms with van der Waals surface area (Å²) >= 11 is 1.47. The van der Waals surface area contributed by atoms with E-state index in [0.29, 0.717) is 11.4 Å². The standard InChI is InChI=1S/C28H31N3O4S2.ClH/c1-20(2)36-27-18-24(12-13-25(27)28(33)31-37(34,35)17-15-29)22-10-8-21(9-11-22)14-16-30-19-26(32)23-6-4-3-5-7-23;/h3-13,18,20,26,30,32H,14,16-17,19H2,1-2H3,(H,31,33);1H/t26-;/m0./s1. The molecule has 0 heterocycles. The molecule has 0 radical (unpaired) electrons. The smallest absolute Gasteiger partial charge is 0.265 e. The first-order chi connectivity index (χ1) is 17.7. The van der Waals surface area contributed by atoms with Crippen LogP contribution in [0, 0.1) is 11.3 Å². The molecule has 0 aliphatic heterocycles. The lowest BCUT2D eigenvalue weighted by Gasteiger charge is -2.14. The average Bonchev–Trinajstić information content (AvgIpc) is 2.86. The van der Waals surface area contributed by atoms with Crippen molar-refractivity contribution in [3.8, 4) is 17.2 Å². The lowest BCUT2D eigenvalue weighted by molar-refractivity contribution is 0.0978. The van der Waals surface area contributed by atoms with Gasteiger partial charge in [0.1, 0.15) is 0 Å². The van der Waals surface area contributed by atoms with Gasteiger partial charge in [0.25, 0.3) is 5.91 Å². The van der Waals surface area contributed by atoms with Crippen LogP contribution >= 0.6 is 24.2 Å². The van der Waals surface area contributed by atoms with E-state index < -0.39 is 27.8 Å². The molecule has 0 unspecified atom stereocenters. The summed E-state index contributed by atoms with van der Waals surface area (Å²) in [6.45, 7) is 5.20. The number of sulfonamides is 1. The number of carbonyl (C=O) groups excluding carboxylic acids is 1. The minimum absolute atomic E-state index is 0. The number of hydrogen-bond acceptors (Lipinski definition) is 7. The van der Waals surface area contributed by atoms with Crippen LogP contribution in [-0.2, 0) is 16.4 Å². The van der Waals surface area contributed by atoms with Crippen molar-refractivity contribution >= 4 is 40.1 Å². The molecule has 0 saturated carbocycles. The van der Waals surface area contributed by atoms with Gasteiger partial charge in [-0.2, -0.15) is 5.26 Å². The summed E-state index contributed by atoms with van der Waals surface area (Å²) in [6.07, 6.45) is 0.268. The number of nitrogens with one attached hydrogen (secondary N) is 2. The van der Waals surface area contributed by atoms with Crippen molar-refractivity contribution in [2.45, 2.75) is 36.5 Å². The number of carbonyl (C=O) groups is 1. The molecule has 0 spiro atoms. The Morgan fingerprint density at radius 2 is 1.68 bits per heavy atom. The second-order valence-electron chi connectivity index (χ2n) is 8.80. The molecular formula is C28H32ClN3O4S2. The van der Waals surface area contributed by atoms with Gasteiger partial charge in [-0.15, -0.1) is 24.2 Å². The van der Waals surface area contributed by atoms with E-state index in [1.807, 2.05) is 67.1 Å². The Morgan fingerprint density at radius 1 is 1.03 bits per heavy atom. The Balaban J connectivity index is 0.00000507. The van der Waals surface area contributed by atoms with E-state index in [0.717, 1.165) is 35.2 Å². The summed E-state index contributed by atoms with van der Waals surface area (Å²) in [6, 6.07) is 24.5. The number of benzene rings is 3. The minimum Gasteiger partial charge on any atom is -0.387 e. The number of aliphatic hydroxyl groups excluding tert-OH is 1. The lowest BCUT2D eigenvalue weighted by Crippen LogP contribution is -2.32. The second-order valence-corrected chi connectivity index (χ2v) is 12.1. The van der Waals surface area contributed by atoms with Crippen LogP contribution in [0.15, 0.2) is 77.7 Å². The molecule has 10 heteroatoms. The predicted molar refractivity (Wildman–Crippen MR) is 155 cm³/mol. The summed E-state index contributed by atoms with van der Waals surface area (Å²) in [5.74, 6) is -1.52. The molecule has 3 rings (SSSR count). The van der Waals surface area contributed by atoms with Gasteiger partial charge in [-0.25, -0.2) is 13.1 Å². The van der Waals surface area contributed by atoms with Crippen molar-refractivity contribution < 1.29 is 18.3 Å². The molecule has 0 aromatic heterocycles. The molecule has 0 fully saturated rings. The fourth-order valence-corrected chi connectivity index (χ4v) is 5.31. The summed E-state index contributed by atoms with van der Waals surface area (Å²) in [7, 11) is -4.01. The molecule has 38 heavy (non-hydrogen) atoms. The van der Waals surface area contributed by atoms with Crippen LogP contribution in [0.3, 0.4) is 0 Å². The molecule has 0 saturated heterocycles. The van der Waals surface area contributed by atoms with E-state index in [2.05, 4.69) is 17.4 Å². The Bertz CT molecular complexity index is 1340. The van der Waals surface area contributed by atoms with Crippen molar-refractivity contribution in [2.75, 3.05) is 18.8 Å². The maximum atomic E-state index is 12.6. The van der Waals surface area contributed by atoms with Gasteiger partial charge in [-0.3, -0.25) is 4.79 Å². The highest BCUT2D eigenvalue weighted by Gasteiger charge is 2.20. The third-order valence-corrected chi connectivity index (χ3v) is 7.56. The fourth-order valence-electron chi connectivity index (χ4n) is 3.69. The van der Waals surface area contributed by atoms with Crippen molar-refractivity contribution in [3.05, 3.63) is 89.5 Å². The molecular weight excluding hydrogens is 542 g/mol. The van der Waals surface area contributed by atoms with E-state index in [-0.39, 0.29) is 23.2 Å². The first kappa shape index (κ1) is 31.3. The van der Waals surface area contributed by atoms with Crippen LogP contribution in [0.25, 0.3) is 11.1 Å². The molecule has 3 aromatic carbocycles. The van der Waals surface area contributed by atoms with Gasteiger partial charge in [0, 0.05) is 16.7 Å². The zero-order chi connectivity index (χ0) is 26.8. The van der Waals surface area contributed by atoms with Crippen LogP contribution in [-0.4, -0.2) is 43.5 Å². The molecule has 3 aromatic rings. The number of halogens is 1. The molecule has 3 N–H and O–H groups in total. The highest BCUT2D eigenvalue weighted by molar-refractivity contribution is 8.00. The van der Waals surface area contributed by atoms with Crippen LogP contribution in [0.1, 0.15) is 41.4 Å². The molecule has 0 aliphatic carbocycles. The lowest BCUT2D eigenvalue weighted by atomic mass is 10.0. The third-order valence-electron chi connectivity index (χ3n) is 5.49. The first-order valence-electron chi connectivity index (χ1n) is 11.9. The number of thioether (sulfide) groups is 1. The van der Waals surface area contributed by atoms with E-state index in [4.69, 9.17) is 5.26 Å². The highest BCUT2D eigenvalue weighted by atomic mass is 35.5. The van der Waals surface area contributed by atoms with Gasteiger partial charge in [-0.1, -0.05) is 74.5 Å². The Morgan fingerprint density at radius 3 is 2.32 bits per heavy atom. The maximum Gasteiger partial charge on any atom is 0.265 e. The fraction of sp³-hybridized carbons (Fsp3) is 0.286. The minimum atomic E-state index is -4.01. The molecule has 0 bridgehead atoms. The number of aliphatic hydroxyl groups is 1. The largest absolute Gasteiger partial charge is 0.387 e. The maximum absolute atomic E-state index is 12.6. The SMILES string of the molecule is CC(C)Sc1cc(-c2ccc(CCNC[C@H](O)c3ccccc3)cc2)ccc1C(=O)NS(=O)(=O)CC#N.Cl. The Kier molecular flexibility index (Phi) is 12.3. The Labute approximate surface area is 235 Å². The quantitative estimate of drug-likeness (QED) is 0.212. The summed E-state index contributed by atoms with van der Waals surface area (Å²) in [5, 5.41) is 22.4. The first-order valence-corrected chi connectivity index (χ1v) is 14.5. The summed E-state index contributed by atoms with van der Waals surface area (Å²) < 4.78 is 25.7. The Hall–Kier alpha value is -2.87. The predicted octanol–water partition coefficient (Wildman–Crippen LogP) is 4.72. The molecule has 7 nitrogen and oxygen atoms in total. The van der Waals surface area contributed by atoms with Crippen LogP contribution < -0.4 is 10.0 Å². The van der Waals surface area contributed by atoms with Gasteiger partial charge >= 0.3 is 0 Å². The molecule has 1 atom stereocenters. The summed E-state index contributed by atoms with van der Waals surface area (Å²) in [5.41, 5.74) is 4.19. The van der Waals surface area contributed by atoms with Crippen molar-refractivity contribution in [1.29, 1.82) is 5.26 Å². The zero-order valence-corrected chi connectivity index (χ0v) is 23.7. The average molecular weight is 574 g/mol. The monoisotopic (exact) mass is 573 g/mol. The van der Waals surface area contributed by atoms with Gasteiger partial charge in [0.2, 0.25) is 10.0 Å². The van der Waals surface area contributed by atoms with Crippen LogP contribution in [0.2, 0.25) is 0 Å². The van der Waals surface area contributed by atoms with E-state index >= 15 is 0 Å². The number of nitrogens with zero attached hydrogens (tertiary/aromatic N) is 1. The number of rotatable bonds is 12. The summed E-state index contributed by atoms with van der Waals surface area (Å²) in [4.78, 5) is 13.3. The van der Waals surface area contributed by atoms with Crippen molar-refractivity contribution in [1.82, 2.24) is 10.0 Å². The van der Waals surface area contributed by atoms with Gasteiger partial charge in [0.15, 0.2) is 5.75 Å². The molecule has 0 aliphatic rings.